The van der Waals surface area contributed by atoms with Gasteiger partial charge in [0, 0.05) is 5.56 Å². The van der Waals surface area contributed by atoms with Crippen molar-refractivity contribution in [2.45, 2.75) is 27.7 Å². The summed E-state index contributed by atoms with van der Waals surface area (Å²) >= 11 is 7.87. The molecule has 2 aliphatic heterocycles. The van der Waals surface area contributed by atoms with Crippen LogP contribution in [0.25, 0.3) is 6.08 Å². The molecule has 0 saturated heterocycles. The number of nitrogens with one attached hydrogen (secondary N) is 1. The van der Waals surface area contributed by atoms with E-state index in [1.54, 1.807) is 18.2 Å². The highest BCUT2D eigenvalue weighted by Crippen LogP contribution is 2.38. The van der Waals surface area contributed by atoms with Crippen LogP contribution >= 0.6 is 23.4 Å². The molecule has 0 bridgehead atoms. The molecule has 5 rings (SSSR count). The van der Waals surface area contributed by atoms with Crippen molar-refractivity contribution >= 4 is 51.4 Å². The van der Waals surface area contributed by atoms with E-state index in [9.17, 15) is 4.79 Å². The first-order valence-corrected chi connectivity index (χ1v) is 14.3. The molecule has 1 N–H and O–H groups in total. The van der Waals surface area contributed by atoms with Crippen LogP contribution < -0.4 is 14.2 Å². The highest BCUT2D eigenvalue weighted by molar-refractivity contribution is 8.27. The van der Waals surface area contributed by atoms with Gasteiger partial charge in [-0.05, 0) is 86.5 Å². The van der Waals surface area contributed by atoms with Gasteiger partial charge in [0.1, 0.15) is 24.0 Å². The number of amidine groups is 2. The average molecular weight is 589 g/mol. The Morgan fingerprint density at radius 3 is 2.46 bits per heavy atom. The van der Waals surface area contributed by atoms with E-state index in [0.29, 0.717) is 45.5 Å². The molecule has 0 aliphatic carbocycles. The third-order valence-electron chi connectivity index (χ3n) is 6.47. The van der Waals surface area contributed by atoms with E-state index in [4.69, 9.17) is 31.2 Å². The SMILES string of the molecule is CCOc1cc(/C=C2/C(=N)N3N=C(c4ccc(C)cc4)SC3=NC2=O)cc(Cl)c1OCCOc1ccc(C)c(C)c1. The Labute approximate surface area is 248 Å². The molecule has 210 valence electrons. The number of carbonyl (C=O) groups is 1. The Kier molecular flexibility index (Phi) is 8.46. The first kappa shape index (κ1) is 28.4. The number of hydrogen-bond acceptors (Lipinski definition) is 7. The number of rotatable bonds is 9. The molecule has 0 atom stereocenters. The van der Waals surface area contributed by atoms with Gasteiger partial charge >= 0.3 is 0 Å². The minimum absolute atomic E-state index is 0.0625. The molecule has 0 saturated carbocycles. The van der Waals surface area contributed by atoms with Gasteiger partial charge in [0.25, 0.3) is 5.91 Å². The highest BCUT2D eigenvalue weighted by atomic mass is 35.5. The molecule has 41 heavy (non-hydrogen) atoms. The molecule has 0 spiro atoms. The molecule has 3 aromatic carbocycles. The molecule has 0 fully saturated rings. The molecule has 2 heterocycles. The number of fused-ring (bicyclic) bond motifs is 1. The van der Waals surface area contributed by atoms with Crippen LogP contribution in [-0.4, -0.2) is 46.8 Å². The quantitative estimate of drug-likeness (QED) is 0.218. The summed E-state index contributed by atoms with van der Waals surface area (Å²) in [5, 5.41) is 16.0. The summed E-state index contributed by atoms with van der Waals surface area (Å²) in [5.41, 5.74) is 5.05. The Hall–Kier alpha value is -4.08. The number of aryl methyl sites for hydroxylation is 3. The maximum atomic E-state index is 12.9. The zero-order valence-corrected chi connectivity index (χ0v) is 24.7. The van der Waals surface area contributed by atoms with Crippen molar-refractivity contribution in [1.82, 2.24) is 5.01 Å². The Morgan fingerprint density at radius 2 is 1.73 bits per heavy atom. The van der Waals surface area contributed by atoms with Gasteiger partial charge in [-0.3, -0.25) is 10.2 Å². The predicted octanol–water partition coefficient (Wildman–Crippen LogP) is 6.79. The van der Waals surface area contributed by atoms with Crippen LogP contribution in [0.4, 0.5) is 0 Å². The Bertz CT molecular complexity index is 1620. The first-order chi connectivity index (χ1) is 19.7. The number of benzene rings is 3. The summed E-state index contributed by atoms with van der Waals surface area (Å²) in [7, 11) is 0. The molecule has 10 heteroatoms. The smallest absolute Gasteiger partial charge is 0.283 e. The van der Waals surface area contributed by atoms with Crippen LogP contribution in [0.15, 0.2) is 70.3 Å². The molecule has 0 aromatic heterocycles. The van der Waals surface area contributed by atoms with Crippen molar-refractivity contribution in [3.05, 3.63) is 93.0 Å². The van der Waals surface area contributed by atoms with Crippen LogP contribution in [0.2, 0.25) is 5.02 Å². The monoisotopic (exact) mass is 588 g/mol. The summed E-state index contributed by atoms with van der Waals surface area (Å²) < 4.78 is 17.6. The van der Waals surface area contributed by atoms with Gasteiger partial charge in [-0.1, -0.05) is 47.5 Å². The van der Waals surface area contributed by atoms with Crippen molar-refractivity contribution in [2.75, 3.05) is 19.8 Å². The molecule has 2 aliphatic rings. The fourth-order valence-electron chi connectivity index (χ4n) is 4.15. The summed E-state index contributed by atoms with van der Waals surface area (Å²) in [5.74, 6) is 0.993. The van der Waals surface area contributed by atoms with Crippen LogP contribution in [0, 0.1) is 26.2 Å². The number of amides is 1. The normalized spacial score (nSPS) is 15.5. The second kappa shape index (κ2) is 12.2. The van der Waals surface area contributed by atoms with Gasteiger partial charge in [-0.2, -0.15) is 15.1 Å². The van der Waals surface area contributed by atoms with Crippen molar-refractivity contribution in [2.24, 2.45) is 10.1 Å². The molecule has 1 amide bonds. The fourth-order valence-corrected chi connectivity index (χ4v) is 5.32. The maximum absolute atomic E-state index is 12.9. The number of nitrogens with zero attached hydrogens (tertiary/aromatic N) is 3. The third kappa shape index (κ3) is 6.31. The maximum Gasteiger partial charge on any atom is 0.283 e. The van der Waals surface area contributed by atoms with E-state index in [1.807, 2.05) is 63.2 Å². The van der Waals surface area contributed by atoms with Crippen LogP contribution in [0.5, 0.6) is 17.2 Å². The zero-order chi connectivity index (χ0) is 29.1. The van der Waals surface area contributed by atoms with Crippen molar-refractivity contribution in [3.63, 3.8) is 0 Å². The van der Waals surface area contributed by atoms with E-state index < -0.39 is 5.91 Å². The largest absolute Gasteiger partial charge is 0.490 e. The summed E-state index contributed by atoms with van der Waals surface area (Å²) in [4.78, 5) is 17.1. The molecular formula is C31H29ClN4O4S. The number of hydrogen-bond donors (Lipinski definition) is 1. The Balaban J connectivity index is 1.33. The van der Waals surface area contributed by atoms with Crippen molar-refractivity contribution in [1.29, 1.82) is 5.41 Å². The van der Waals surface area contributed by atoms with Crippen molar-refractivity contribution < 1.29 is 19.0 Å². The fraction of sp³-hybridized carbons (Fsp3) is 0.226. The minimum atomic E-state index is -0.521. The number of halogens is 1. The number of aliphatic imine (C=N–C) groups is 1. The number of hydrazone groups is 1. The second-order valence-electron chi connectivity index (χ2n) is 9.50. The lowest BCUT2D eigenvalue weighted by Gasteiger charge is -2.20. The van der Waals surface area contributed by atoms with Gasteiger partial charge < -0.3 is 14.2 Å². The molecule has 3 aromatic rings. The van der Waals surface area contributed by atoms with Gasteiger partial charge in [0.05, 0.1) is 17.2 Å². The lowest BCUT2D eigenvalue weighted by atomic mass is 10.1. The van der Waals surface area contributed by atoms with Crippen LogP contribution in [0.3, 0.4) is 0 Å². The first-order valence-electron chi connectivity index (χ1n) is 13.1. The van der Waals surface area contributed by atoms with Crippen LogP contribution in [0.1, 0.15) is 34.7 Å². The summed E-state index contributed by atoms with van der Waals surface area (Å²) in [6, 6.07) is 17.2. The van der Waals surface area contributed by atoms with E-state index >= 15 is 0 Å². The van der Waals surface area contributed by atoms with Gasteiger partial charge in [0.15, 0.2) is 17.3 Å². The number of carbonyl (C=O) groups excluding carboxylic acids is 1. The van der Waals surface area contributed by atoms with E-state index in [0.717, 1.165) is 22.4 Å². The standard InChI is InChI=1S/C31H29ClN4O4S/c1-5-38-26-17-21(16-25(32)27(26)40-13-12-39-23-11-8-19(3)20(4)14-23)15-24-28(33)36-31(34-29(24)37)41-30(35-36)22-9-6-18(2)7-10-22/h6-11,14-17,33H,5,12-13H2,1-4H3/b24-15-,33-28?. The van der Waals surface area contributed by atoms with Crippen molar-refractivity contribution in [3.8, 4) is 17.2 Å². The Morgan fingerprint density at radius 1 is 0.976 bits per heavy atom. The molecule has 0 unspecified atom stereocenters. The third-order valence-corrected chi connectivity index (χ3v) is 7.71. The number of ether oxygens (including phenoxy) is 3. The lowest BCUT2D eigenvalue weighted by molar-refractivity contribution is -0.114. The van der Waals surface area contributed by atoms with Gasteiger partial charge in [-0.15, -0.1) is 0 Å². The minimum Gasteiger partial charge on any atom is -0.490 e. The van der Waals surface area contributed by atoms with E-state index in [-0.39, 0.29) is 18.0 Å². The molecular weight excluding hydrogens is 560 g/mol. The van der Waals surface area contributed by atoms with Crippen LogP contribution in [-0.2, 0) is 4.79 Å². The zero-order valence-electron chi connectivity index (χ0n) is 23.2. The predicted molar refractivity (Wildman–Crippen MR) is 165 cm³/mol. The highest BCUT2D eigenvalue weighted by Gasteiger charge is 2.36. The topological polar surface area (TPSA) is 96.6 Å². The number of thioether (sulfide) groups is 1. The van der Waals surface area contributed by atoms with E-state index in [2.05, 4.69) is 17.0 Å². The van der Waals surface area contributed by atoms with E-state index in [1.165, 1.54) is 22.3 Å². The molecule has 8 nitrogen and oxygen atoms in total. The summed E-state index contributed by atoms with van der Waals surface area (Å²) in [6.07, 6.45) is 1.57. The molecule has 0 radical (unpaired) electrons. The van der Waals surface area contributed by atoms with Gasteiger partial charge in [0.2, 0.25) is 5.17 Å². The summed E-state index contributed by atoms with van der Waals surface area (Å²) in [6.45, 7) is 8.92. The average Bonchev–Trinajstić information content (AvgIpc) is 3.37. The van der Waals surface area contributed by atoms with Gasteiger partial charge in [-0.25, -0.2) is 0 Å². The lowest BCUT2D eigenvalue weighted by Crippen LogP contribution is -2.35. The second-order valence-corrected chi connectivity index (χ2v) is 10.9.